The fourth-order valence-electron chi connectivity index (χ4n) is 3.16. The van der Waals surface area contributed by atoms with Crippen LogP contribution >= 0.6 is 11.3 Å². The molecule has 1 amide bonds. The maximum Gasteiger partial charge on any atom is 0.227 e. The summed E-state index contributed by atoms with van der Waals surface area (Å²) in [5.74, 6) is 0.876. The lowest BCUT2D eigenvalue weighted by Gasteiger charge is -2.32. The number of amides is 1. The summed E-state index contributed by atoms with van der Waals surface area (Å²) >= 11 is 1.60. The van der Waals surface area contributed by atoms with E-state index in [4.69, 9.17) is 4.74 Å². The molecule has 0 aliphatic carbocycles. The van der Waals surface area contributed by atoms with Crippen molar-refractivity contribution in [2.24, 2.45) is 5.92 Å². The Kier molecular flexibility index (Phi) is 5.68. The van der Waals surface area contributed by atoms with E-state index in [1.165, 1.54) is 12.1 Å². The first kappa shape index (κ1) is 17.9. The number of likely N-dealkylation sites (tertiary alicyclic amines) is 1. The number of aryl methyl sites for hydroxylation is 2. The molecule has 0 bridgehead atoms. The van der Waals surface area contributed by atoms with Gasteiger partial charge in [-0.1, -0.05) is 0 Å². The van der Waals surface area contributed by atoms with Gasteiger partial charge in [-0.25, -0.2) is 9.37 Å². The van der Waals surface area contributed by atoms with Gasteiger partial charge >= 0.3 is 0 Å². The Labute approximate surface area is 151 Å². The number of rotatable bonds is 5. The van der Waals surface area contributed by atoms with Crippen molar-refractivity contribution in [3.63, 3.8) is 0 Å². The van der Waals surface area contributed by atoms with Crippen molar-refractivity contribution in [2.45, 2.75) is 33.1 Å². The zero-order chi connectivity index (χ0) is 17.8. The third kappa shape index (κ3) is 4.78. The fourth-order valence-corrected chi connectivity index (χ4v) is 4.09. The molecular formula is C19H23FN2O2S. The van der Waals surface area contributed by atoms with Crippen LogP contribution in [0.3, 0.4) is 0 Å². The van der Waals surface area contributed by atoms with Crippen molar-refractivity contribution in [1.82, 2.24) is 9.88 Å². The molecule has 6 heteroatoms. The molecule has 0 spiro atoms. The molecule has 1 aliphatic heterocycles. The van der Waals surface area contributed by atoms with Crippen LogP contribution in [0.5, 0.6) is 5.75 Å². The number of benzene rings is 1. The molecule has 0 saturated carbocycles. The fraction of sp³-hybridized carbons (Fsp3) is 0.474. The first-order chi connectivity index (χ1) is 12.0. The van der Waals surface area contributed by atoms with Crippen LogP contribution in [0.4, 0.5) is 4.39 Å². The van der Waals surface area contributed by atoms with Gasteiger partial charge in [-0.3, -0.25) is 4.79 Å². The number of carbonyl (C=O) groups is 1. The van der Waals surface area contributed by atoms with Gasteiger partial charge in [-0.15, -0.1) is 11.3 Å². The molecule has 134 valence electrons. The third-order valence-corrected chi connectivity index (χ3v) is 5.56. The number of halogens is 1. The highest BCUT2D eigenvalue weighted by atomic mass is 32.1. The number of piperidine rings is 1. The monoisotopic (exact) mass is 362 g/mol. The maximum absolute atomic E-state index is 12.9. The molecule has 3 rings (SSSR count). The Morgan fingerprint density at radius 1 is 1.36 bits per heavy atom. The lowest BCUT2D eigenvalue weighted by atomic mass is 9.98. The van der Waals surface area contributed by atoms with Gasteiger partial charge < -0.3 is 9.64 Å². The van der Waals surface area contributed by atoms with Gasteiger partial charge in [-0.2, -0.15) is 0 Å². The highest BCUT2D eigenvalue weighted by molar-refractivity contribution is 7.11. The Bertz CT molecular complexity index is 730. The largest absolute Gasteiger partial charge is 0.493 e. The van der Waals surface area contributed by atoms with Crippen LogP contribution < -0.4 is 4.74 Å². The van der Waals surface area contributed by atoms with Crippen molar-refractivity contribution < 1.29 is 13.9 Å². The number of carbonyl (C=O) groups excluding carboxylic acids is 1. The van der Waals surface area contributed by atoms with Crippen LogP contribution in [-0.4, -0.2) is 35.5 Å². The Balaban J connectivity index is 1.52. The molecule has 1 fully saturated rings. The van der Waals surface area contributed by atoms with Gasteiger partial charge in [0.05, 0.1) is 23.7 Å². The SMILES string of the molecule is Cc1nc(C)c(CC(=O)N2CCC[C@H](COc3ccc(F)cc3)C2)s1. The summed E-state index contributed by atoms with van der Waals surface area (Å²) in [5, 5.41) is 1.00. The highest BCUT2D eigenvalue weighted by Gasteiger charge is 2.25. The molecule has 1 aromatic heterocycles. The minimum absolute atomic E-state index is 0.165. The zero-order valence-electron chi connectivity index (χ0n) is 14.6. The topological polar surface area (TPSA) is 42.4 Å². The van der Waals surface area contributed by atoms with Crippen LogP contribution in [0, 0.1) is 25.6 Å². The summed E-state index contributed by atoms with van der Waals surface area (Å²) in [4.78, 5) is 20.0. The minimum Gasteiger partial charge on any atom is -0.493 e. The van der Waals surface area contributed by atoms with Gasteiger partial charge in [0, 0.05) is 23.9 Å². The quantitative estimate of drug-likeness (QED) is 0.813. The van der Waals surface area contributed by atoms with Crippen LogP contribution in [0.2, 0.25) is 0 Å². The van der Waals surface area contributed by atoms with E-state index < -0.39 is 0 Å². The number of hydrogen-bond acceptors (Lipinski definition) is 4. The van der Waals surface area contributed by atoms with Gasteiger partial charge in [0.2, 0.25) is 5.91 Å². The second-order valence-corrected chi connectivity index (χ2v) is 7.82. The first-order valence-electron chi connectivity index (χ1n) is 8.60. The lowest BCUT2D eigenvalue weighted by molar-refractivity contribution is -0.132. The van der Waals surface area contributed by atoms with Crippen LogP contribution in [0.1, 0.15) is 28.4 Å². The zero-order valence-corrected chi connectivity index (χ0v) is 15.4. The van der Waals surface area contributed by atoms with Crippen molar-refractivity contribution >= 4 is 17.2 Å². The van der Waals surface area contributed by atoms with Gasteiger partial charge in [-0.05, 0) is 51.0 Å². The van der Waals surface area contributed by atoms with E-state index in [0.717, 1.165) is 41.5 Å². The molecule has 2 heterocycles. The summed E-state index contributed by atoms with van der Waals surface area (Å²) in [6.07, 6.45) is 2.47. The Morgan fingerprint density at radius 3 is 2.80 bits per heavy atom. The molecule has 1 aromatic carbocycles. The number of ether oxygens (including phenoxy) is 1. The van der Waals surface area contributed by atoms with Gasteiger partial charge in [0.1, 0.15) is 11.6 Å². The molecule has 0 radical (unpaired) electrons. The van der Waals surface area contributed by atoms with Crippen molar-refractivity contribution in [3.8, 4) is 5.75 Å². The van der Waals surface area contributed by atoms with Crippen LogP contribution in [0.15, 0.2) is 24.3 Å². The van der Waals surface area contributed by atoms with Crippen molar-refractivity contribution in [3.05, 3.63) is 45.7 Å². The molecule has 0 unspecified atom stereocenters. The van der Waals surface area contributed by atoms with E-state index in [9.17, 15) is 9.18 Å². The molecule has 25 heavy (non-hydrogen) atoms. The van der Waals surface area contributed by atoms with Crippen LogP contribution in [0.25, 0.3) is 0 Å². The van der Waals surface area contributed by atoms with Crippen molar-refractivity contribution in [1.29, 1.82) is 0 Å². The van der Waals surface area contributed by atoms with E-state index in [1.54, 1.807) is 23.5 Å². The van der Waals surface area contributed by atoms with Crippen molar-refractivity contribution in [2.75, 3.05) is 19.7 Å². The molecule has 1 saturated heterocycles. The van der Waals surface area contributed by atoms with Gasteiger partial charge in [0.15, 0.2) is 0 Å². The molecular weight excluding hydrogens is 339 g/mol. The summed E-state index contributed by atoms with van der Waals surface area (Å²) in [7, 11) is 0. The summed E-state index contributed by atoms with van der Waals surface area (Å²) in [5.41, 5.74) is 0.962. The molecule has 4 nitrogen and oxygen atoms in total. The maximum atomic E-state index is 12.9. The second-order valence-electron chi connectivity index (χ2n) is 6.53. The molecule has 2 aromatic rings. The van der Waals surface area contributed by atoms with E-state index >= 15 is 0 Å². The second kappa shape index (κ2) is 7.95. The number of hydrogen-bond donors (Lipinski definition) is 0. The van der Waals surface area contributed by atoms with E-state index in [-0.39, 0.29) is 11.7 Å². The predicted molar refractivity (Wildman–Crippen MR) is 96.5 cm³/mol. The summed E-state index contributed by atoms with van der Waals surface area (Å²) in [6, 6.07) is 6.06. The van der Waals surface area contributed by atoms with E-state index in [2.05, 4.69) is 4.98 Å². The predicted octanol–water partition coefficient (Wildman–Crippen LogP) is 3.76. The van der Waals surface area contributed by atoms with E-state index in [1.807, 2.05) is 18.7 Å². The molecule has 1 aliphatic rings. The first-order valence-corrected chi connectivity index (χ1v) is 9.42. The number of aromatic nitrogens is 1. The molecule has 0 N–H and O–H groups in total. The highest BCUT2D eigenvalue weighted by Crippen LogP contribution is 2.22. The Hall–Kier alpha value is -1.95. The number of nitrogens with zero attached hydrogens (tertiary/aromatic N) is 2. The normalized spacial score (nSPS) is 17.6. The summed E-state index contributed by atoms with van der Waals surface area (Å²) in [6.45, 7) is 6.00. The summed E-state index contributed by atoms with van der Waals surface area (Å²) < 4.78 is 18.7. The van der Waals surface area contributed by atoms with E-state index in [0.29, 0.717) is 24.7 Å². The lowest BCUT2D eigenvalue weighted by Crippen LogP contribution is -2.42. The number of thiazole rings is 1. The van der Waals surface area contributed by atoms with Gasteiger partial charge in [0.25, 0.3) is 0 Å². The smallest absolute Gasteiger partial charge is 0.227 e. The average Bonchev–Trinajstić information content (AvgIpc) is 2.92. The minimum atomic E-state index is -0.268. The molecule has 1 atom stereocenters. The van der Waals surface area contributed by atoms with Crippen LogP contribution in [-0.2, 0) is 11.2 Å². The Morgan fingerprint density at radius 2 is 2.12 bits per heavy atom. The third-order valence-electron chi connectivity index (χ3n) is 4.48. The standard InChI is InChI=1S/C19H23FN2O2S/c1-13-18(25-14(2)21-13)10-19(23)22-9-3-4-15(11-22)12-24-17-7-5-16(20)6-8-17/h5-8,15H,3-4,9-12H2,1-2H3/t15-/m0/s1. The average molecular weight is 362 g/mol.